The van der Waals surface area contributed by atoms with Crippen LogP contribution in [-0.4, -0.2) is 17.1 Å². The molecule has 1 aromatic rings. The zero-order valence-electron chi connectivity index (χ0n) is 12.5. The predicted molar refractivity (Wildman–Crippen MR) is 76.1 cm³/mol. The fourth-order valence-corrected chi connectivity index (χ4v) is 1.62. The third-order valence-electron chi connectivity index (χ3n) is 2.46. The molecular formula is C15H26N2O. The summed E-state index contributed by atoms with van der Waals surface area (Å²) in [6.07, 6.45) is 0. The Hall–Kier alpha value is -1.09. The van der Waals surface area contributed by atoms with E-state index >= 15 is 0 Å². The first-order valence-electron chi connectivity index (χ1n) is 6.72. The molecule has 0 aliphatic heterocycles. The highest BCUT2D eigenvalue weighted by Gasteiger charge is 2.14. The summed E-state index contributed by atoms with van der Waals surface area (Å²) in [7, 11) is 0. The van der Waals surface area contributed by atoms with Gasteiger partial charge in [-0.15, -0.1) is 0 Å². The lowest BCUT2D eigenvalue weighted by Crippen LogP contribution is -2.24. The van der Waals surface area contributed by atoms with Gasteiger partial charge in [-0.1, -0.05) is 20.8 Å². The van der Waals surface area contributed by atoms with Crippen molar-refractivity contribution in [3.63, 3.8) is 0 Å². The highest BCUT2D eigenvalue weighted by molar-refractivity contribution is 5.27. The Morgan fingerprint density at radius 2 is 1.94 bits per heavy atom. The quantitative estimate of drug-likeness (QED) is 0.868. The van der Waals surface area contributed by atoms with Crippen molar-refractivity contribution in [3.05, 3.63) is 23.4 Å². The van der Waals surface area contributed by atoms with Crippen molar-refractivity contribution in [2.24, 2.45) is 0 Å². The molecular weight excluding hydrogens is 224 g/mol. The molecule has 0 aromatic carbocycles. The zero-order valence-corrected chi connectivity index (χ0v) is 12.5. The molecule has 0 amide bonds. The van der Waals surface area contributed by atoms with Crippen LogP contribution in [0.1, 0.15) is 58.7 Å². The second kappa shape index (κ2) is 6.19. The first kappa shape index (κ1) is 15.0. The van der Waals surface area contributed by atoms with Gasteiger partial charge in [-0.2, -0.15) is 0 Å². The summed E-state index contributed by atoms with van der Waals surface area (Å²) in [5.41, 5.74) is 2.11. The Balaban J connectivity index is 2.98. The largest absolute Gasteiger partial charge is 0.472 e. The van der Waals surface area contributed by atoms with E-state index in [1.165, 1.54) is 5.56 Å². The molecule has 1 aromatic heterocycles. The summed E-state index contributed by atoms with van der Waals surface area (Å²) in [5, 5.41) is 3.34. The van der Waals surface area contributed by atoms with E-state index in [4.69, 9.17) is 4.74 Å². The van der Waals surface area contributed by atoms with Gasteiger partial charge in [0.2, 0.25) is 5.88 Å². The maximum atomic E-state index is 5.87. The van der Waals surface area contributed by atoms with Crippen LogP contribution in [0.4, 0.5) is 0 Å². The van der Waals surface area contributed by atoms with Crippen molar-refractivity contribution in [3.8, 4) is 5.88 Å². The van der Waals surface area contributed by atoms with Crippen LogP contribution in [0.5, 0.6) is 5.88 Å². The first-order chi connectivity index (χ1) is 8.31. The summed E-state index contributed by atoms with van der Waals surface area (Å²) in [6, 6.07) is 4.18. The Bertz CT molecular complexity index is 381. The summed E-state index contributed by atoms with van der Waals surface area (Å²) >= 11 is 0. The topological polar surface area (TPSA) is 34.1 Å². The van der Waals surface area contributed by atoms with Crippen molar-refractivity contribution in [1.82, 2.24) is 10.3 Å². The van der Waals surface area contributed by atoms with Crippen LogP contribution in [0.2, 0.25) is 0 Å². The van der Waals surface area contributed by atoms with Gasteiger partial charge < -0.3 is 10.1 Å². The SMILES string of the molecule is CCNCc1cc(OC(C)(C)C)nc(C(C)C)c1. The van der Waals surface area contributed by atoms with E-state index in [9.17, 15) is 0 Å². The Morgan fingerprint density at radius 3 is 2.44 bits per heavy atom. The Labute approximate surface area is 111 Å². The molecule has 0 atom stereocenters. The Morgan fingerprint density at radius 1 is 1.28 bits per heavy atom. The lowest BCUT2D eigenvalue weighted by atomic mass is 10.1. The van der Waals surface area contributed by atoms with E-state index in [1.807, 2.05) is 26.8 Å². The molecule has 0 saturated heterocycles. The molecule has 0 saturated carbocycles. The first-order valence-corrected chi connectivity index (χ1v) is 6.72. The minimum absolute atomic E-state index is 0.210. The molecule has 0 spiro atoms. The lowest BCUT2D eigenvalue weighted by Gasteiger charge is -2.22. The number of rotatable bonds is 5. The average Bonchev–Trinajstić information content (AvgIpc) is 2.23. The number of hydrogen-bond acceptors (Lipinski definition) is 3. The minimum atomic E-state index is -0.210. The van der Waals surface area contributed by atoms with Crippen molar-refractivity contribution < 1.29 is 4.74 Å². The molecule has 0 radical (unpaired) electrons. The van der Waals surface area contributed by atoms with Gasteiger partial charge in [0, 0.05) is 18.3 Å². The predicted octanol–water partition coefficient (Wildman–Crippen LogP) is 3.49. The molecule has 0 fully saturated rings. The van der Waals surface area contributed by atoms with Gasteiger partial charge in [-0.05, 0) is 44.9 Å². The van der Waals surface area contributed by atoms with Gasteiger partial charge >= 0.3 is 0 Å². The van der Waals surface area contributed by atoms with E-state index in [0.717, 1.165) is 24.7 Å². The van der Waals surface area contributed by atoms with Crippen molar-refractivity contribution in [2.75, 3.05) is 6.54 Å². The number of nitrogens with one attached hydrogen (secondary N) is 1. The van der Waals surface area contributed by atoms with Crippen LogP contribution < -0.4 is 10.1 Å². The maximum Gasteiger partial charge on any atom is 0.214 e. The molecule has 18 heavy (non-hydrogen) atoms. The maximum absolute atomic E-state index is 5.87. The number of pyridine rings is 1. The summed E-state index contributed by atoms with van der Waals surface area (Å²) < 4.78 is 5.87. The highest BCUT2D eigenvalue weighted by Crippen LogP contribution is 2.22. The van der Waals surface area contributed by atoms with Crippen molar-refractivity contribution in [2.45, 2.75) is 59.6 Å². The highest BCUT2D eigenvalue weighted by atomic mass is 16.5. The minimum Gasteiger partial charge on any atom is -0.472 e. The Kier molecular flexibility index (Phi) is 5.15. The second-order valence-electron chi connectivity index (χ2n) is 5.89. The smallest absolute Gasteiger partial charge is 0.214 e. The lowest BCUT2D eigenvalue weighted by molar-refractivity contribution is 0.123. The summed E-state index contributed by atoms with van der Waals surface area (Å²) in [5.74, 6) is 1.13. The van der Waals surface area contributed by atoms with E-state index < -0.39 is 0 Å². The van der Waals surface area contributed by atoms with Gasteiger partial charge in [-0.3, -0.25) is 0 Å². The van der Waals surface area contributed by atoms with Gasteiger partial charge in [0.05, 0.1) is 0 Å². The summed E-state index contributed by atoms with van der Waals surface area (Å²) in [6.45, 7) is 14.4. The fourth-order valence-electron chi connectivity index (χ4n) is 1.62. The van der Waals surface area contributed by atoms with E-state index in [1.54, 1.807) is 0 Å². The van der Waals surface area contributed by atoms with Crippen LogP contribution in [0.15, 0.2) is 12.1 Å². The van der Waals surface area contributed by atoms with Crippen LogP contribution in [0.3, 0.4) is 0 Å². The standard InChI is InChI=1S/C15H26N2O/c1-7-16-10-12-8-13(11(2)3)17-14(9-12)18-15(4,5)6/h8-9,11,16H,7,10H2,1-6H3. The average molecular weight is 250 g/mol. The number of aromatic nitrogens is 1. The number of ether oxygens (including phenoxy) is 1. The van der Waals surface area contributed by atoms with Crippen LogP contribution in [0.25, 0.3) is 0 Å². The molecule has 0 bridgehead atoms. The van der Waals surface area contributed by atoms with E-state index in [0.29, 0.717) is 5.92 Å². The number of nitrogens with zero attached hydrogens (tertiary/aromatic N) is 1. The molecule has 3 heteroatoms. The monoisotopic (exact) mass is 250 g/mol. The number of hydrogen-bond donors (Lipinski definition) is 1. The van der Waals surface area contributed by atoms with Crippen LogP contribution in [0, 0.1) is 0 Å². The molecule has 0 aliphatic rings. The zero-order chi connectivity index (χ0) is 13.8. The molecule has 0 aliphatic carbocycles. The molecule has 0 unspecified atom stereocenters. The van der Waals surface area contributed by atoms with Gasteiger partial charge in [0.15, 0.2) is 0 Å². The molecule has 3 nitrogen and oxygen atoms in total. The third kappa shape index (κ3) is 5.05. The summed E-state index contributed by atoms with van der Waals surface area (Å²) in [4.78, 5) is 4.58. The van der Waals surface area contributed by atoms with E-state index in [-0.39, 0.29) is 5.60 Å². The normalized spacial score (nSPS) is 11.9. The molecule has 1 rings (SSSR count). The van der Waals surface area contributed by atoms with Crippen molar-refractivity contribution in [1.29, 1.82) is 0 Å². The third-order valence-corrected chi connectivity index (χ3v) is 2.46. The van der Waals surface area contributed by atoms with Crippen LogP contribution in [-0.2, 0) is 6.54 Å². The van der Waals surface area contributed by atoms with Crippen LogP contribution >= 0.6 is 0 Å². The molecule has 1 N–H and O–H groups in total. The fraction of sp³-hybridized carbons (Fsp3) is 0.667. The molecule has 1 heterocycles. The van der Waals surface area contributed by atoms with Gasteiger partial charge in [0.1, 0.15) is 5.60 Å². The van der Waals surface area contributed by atoms with Gasteiger partial charge in [0.25, 0.3) is 0 Å². The van der Waals surface area contributed by atoms with Crippen molar-refractivity contribution >= 4 is 0 Å². The molecule has 102 valence electrons. The second-order valence-corrected chi connectivity index (χ2v) is 5.89. The van der Waals surface area contributed by atoms with E-state index in [2.05, 4.69) is 37.1 Å². The van der Waals surface area contributed by atoms with Gasteiger partial charge in [-0.25, -0.2) is 4.98 Å².